The van der Waals surface area contributed by atoms with Crippen LogP contribution in [-0.2, 0) is 4.79 Å². The topological polar surface area (TPSA) is 92.6 Å². The number of imide groups is 1. The molecular formula is C15H11N4O4Po. The molecule has 0 fully saturated rings. The molecule has 3 amide bonds. The first kappa shape index (κ1) is 16.5. The number of hydrogen-bond acceptors (Lipinski definition) is 5. The molecule has 1 radical (unpaired) electrons. The van der Waals surface area contributed by atoms with Crippen LogP contribution in [0.5, 0.6) is 0 Å². The third kappa shape index (κ3) is 2.87. The van der Waals surface area contributed by atoms with Crippen molar-refractivity contribution in [1.82, 2.24) is 19.6 Å². The van der Waals surface area contributed by atoms with Crippen LogP contribution in [0.3, 0.4) is 0 Å². The second-order valence-electron chi connectivity index (χ2n) is 4.97. The van der Waals surface area contributed by atoms with Gasteiger partial charge in [0, 0.05) is 0 Å². The third-order valence-electron chi connectivity index (χ3n) is 3.49. The molecular weight excluding hydrogens is 509 g/mol. The Bertz CT molecular complexity index is 799. The monoisotopic (exact) mass is 520 g/mol. The van der Waals surface area contributed by atoms with Crippen molar-refractivity contribution in [2.45, 2.75) is 6.42 Å². The molecule has 0 saturated heterocycles. The number of hydrazine groups is 1. The summed E-state index contributed by atoms with van der Waals surface area (Å²) >= 11 is 0.752. The van der Waals surface area contributed by atoms with Crippen molar-refractivity contribution in [3.63, 3.8) is 0 Å². The van der Waals surface area contributed by atoms with Gasteiger partial charge in [0.2, 0.25) is 0 Å². The molecule has 1 aromatic heterocycles. The number of aromatic nitrogens is 2. The van der Waals surface area contributed by atoms with Crippen LogP contribution in [0, 0.1) is 0 Å². The Morgan fingerprint density at radius 1 is 1.12 bits per heavy atom. The summed E-state index contributed by atoms with van der Waals surface area (Å²) in [5, 5.41) is 1.79. The Hall–Kier alpha value is -2.39. The number of nitrogens with zero attached hydrogens (tertiary/aromatic N) is 4. The molecule has 24 heavy (non-hydrogen) atoms. The molecule has 0 spiro atoms. The van der Waals surface area contributed by atoms with Crippen molar-refractivity contribution >= 4 is 46.4 Å². The summed E-state index contributed by atoms with van der Waals surface area (Å²) in [5.41, 5.74) is 0.471. The van der Waals surface area contributed by atoms with Crippen molar-refractivity contribution in [1.29, 1.82) is 0 Å². The Morgan fingerprint density at radius 3 is 2.25 bits per heavy atom. The van der Waals surface area contributed by atoms with Gasteiger partial charge < -0.3 is 0 Å². The first-order valence-corrected chi connectivity index (χ1v) is 8.57. The van der Waals surface area contributed by atoms with E-state index in [0.717, 1.165) is 39.7 Å². The first-order chi connectivity index (χ1) is 11.5. The first-order valence-electron chi connectivity index (χ1n) is 6.98. The summed E-state index contributed by atoms with van der Waals surface area (Å²) in [6.45, 7) is -0.0647. The van der Waals surface area contributed by atoms with Gasteiger partial charge in [-0.2, -0.15) is 0 Å². The fourth-order valence-corrected chi connectivity index (χ4v) is 2.73. The molecule has 9 heteroatoms. The maximum atomic E-state index is 12.6. The fraction of sp³-hybridized carbons (Fsp3) is 0.133. The Balaban J connectivity index is 1.97. The summed E-state index contributed by atoms with van der Waals surface area (Å²) in [6, 6.07) is 5.73. The molecule has 1 aromatic carbocycles. The summed E-state index contributed by atoms with van der Waals surface area (Å²) < 4.78 is 1.08. The number of amides is 3. The Morgan fingerprint density at radius 2 is 1.75 bits per heavy atom. The number of fused-ring (bicyclic) bond motifs is 1. The van der Waals surface area contributed by atoms with E-state index in [1.54, 1.807) is 12.1 Å². The van der Waals surface area contributed by atoms with Gasteiger partial charge in [-0.3, -0.25) is 0 Å². The van der Waals surface area contributed by atoms with E-state index in [1.807, 2.05) is 0 Å². The average Bonchev–Trinajstić information content (AvgIpc) is 3.18. The van der Waals surface area contributed by atoms with Gasteiger partial charge in [-0.1, -0.05) is 0 Å². The normalized spacial score (nSPS) is 13.1. The SMILES string of the molecule is O=[C]([Po])CCN(C(=O)n1ccnc1)N1C(=O)c2ccccc2C1=O. The number of imidazole rings is 1. The maximum absolute atomic E-state index is 12.6. The van der Waals surface area contributed by atoms with E-state index >= 15 is 0 Å². The second-order valence-corrected chi connectivity index (χ2v) is 6.74. The summed E-state index contributed by atoms with van der Waals surface area (Å²) in [5.74, 6) is -1.17. The van der Waals surface area contributed by atoms with E-state index < -0.39 is 17.8 Å². The van der Waals surface area contributed by atoms with Gasteiger partial charge in [0.05, 0.1) is 0 Å². The second kappa shape index (κ2) is 6.61. The van der Waals surface area contributed by atoms with E-state index in [0.29, 0.717) is 0 Å². The zero-order chi connectivity index (χ0) is 17.3. The van der Waals surface area contributed by atoms with Crippen LogP contribution in [0.2, 0.25) is 0 Å². The number of rotatable bonds is 4. The molecule has 8 nitrogen and oxygen atoms in total. The van der Waals surface area contributed by atoms with Gasteiger partial charge in [-0.25, -0.2) is 0 Å². The molecule has 3 rings (SSSR count). The van der Waals surface area contributed by atoms with Crippen LogP contribution in [0.15, 0.2) is 43.0 Å². The summed E-state index contributed by atoms with van der Waals surface area (Å²) in [6.07, 6.45) is 4.15. The van der Waals surface area contributed by atoms with Gasteiger partial charge >= 0.3 is 152 Å². The molecule has 0 bridgehead atoms. The Kier molecular flexibility index (Phi) is 4.54. The molecule has 2 aromatic rings. The standard InChI is InChI=1S/C15H11N4O4.Po/c20-9-3-7-18(15(23)17-8-6-16-10-17)19-13(21)11-4-1-2-5-12(11)14(19)22;/h1-2,4-6,8,10H,3,7H2;. The van der Waals surface area contributed by atoms with Crippen LogP contribution >= 0.6 is 0 Å². The average molecular weight is 520 g/mol. The van der Waals surface area contributed by atoms with Crippen molar-refractivity contribution in [3.05, 3.63) is 54.1 Å². The third-order valence-corrected chi connectivity index (χ3v) is 4.28. The molecule has 1 aliphatic rings. The van der Waals surface area contributed by atoms with Crippen LogP contribution in [0.25, 0.3) is 0 Å². The fourth-order valence-electron chi connectivity index (χ4n) is 2.38. The van der Waals surface area contributed by atoms with Crippen LogP contribution in [0.1, 0.15) is 27.1 Å². The molecule has 0 N–H and O–H groups in total. The van der Waals surface area contributed by atoms with E-state index in [-0.39, 0.29) is 27.5 Å². The predicted octanol–water partition coefficient (Wildman–Crippen LogP) is 0.450. The minimum atomic E-state index is -0.627. The molecule has 1 aliphatic heterocycles. The van der Waals surface area contributed by atoms with E-state index in [1.165, 1.54) is 30.9 Å². The zero-order valence-corrected chi connectivity index (χ0v) is 15.5. The van der Waals surface area contributed by atoms with Crippen molar-refractivity contribution in [3.8, 4) is 0 Å². The van der Waals surface area contributed by atoms with Crippen molar-refractivity contribution in [2.75, 3.05) is 6.54 Å². The Labute approximate surface area is 152 Å². The van der Waals surface area contributed by atoms with Gasteiger partial charge in [-0.15, -0.1) is 0 Å². The number of carbonyl (C=O) groups excluding carboxylic acids is 4. The molecule has 0 unspecified atom stereocenters. The number of hydrogen-bond donors (Lipinski definition) is 0. The van der Waals surface area contributed by atoms with Crippen molar-refractivity contribution < 1.29 is 19.2 Å². The van der Waals surface area contributed by atoms with Gasteiger partial charge in [0.15, 0.2) is 0 Å². The number of carbonyl (C=O) groups is 4. The predicted molar refractivity (Wildman–Crippen MR) is 82.0 cm³/mol. The van der Waals surface area contributed by atoms with Gasteiger partial charge in [0.1, 0.15) is 0 Å². The molecule has 2 heterocycles. The van der Waals surface area contributed by atoms with E-state index in [4.69, 9.17) is 0 Å². The molecule has 0 atom stereocenters. The quantitative estimate of drug-likeness (QED) is 0.547. The zero-order valence-electron chi connectivity index (χ0n) is 12.3. The molecule has 121 valence electrons. The van der Waals surface area contributed by atoms with Crippen LogP contribution in [0.4, 0.5) is 4.79 Å². The number of benzene rings is 1. The van der Waals surface area contributed by atoms with Crippen LogP contribution < -0.4 is 0 Å². The van der Waals surface area contributed by atoms with E-state index in [2.05, 4.69) is 4.98 Å². The van der Waals surface area contributed by atoms with Crippen LogP contribution in [-0.4, -0.2) is 72.5 Å². The van der Waals surface area contributed by atoms with Gasteiger partial charge in [0.25, 0.3) is 0 Å². The summed E-state index contributed by atoms with van der Waals surface area (Å²) in [4.78, 5) is 52.9. The minimum absolute atomic E-state index is 0.0587. The van der Waals surface area contributed by atoms with Gasteiger partial charge in [-0.05, 0) is 0 Å². The van der Waals surface area contributed by atoms with E-state index in [9.17, 15) is 19.2 Å². The summed E-state index contributed by atoms with van der Waals surface area (Å²) in [7, 11) is 0. The van der Waals surface area contributed by atoms with Crippen molar-refractivity contribution in [2.24, 2.45) is 0 Å². The molecule has 0 saturated carbocycles. The molecule has 0 aliphatic carbocycles.